The summed E-state index contributed by atoms with van der Waals surface area (Å²) in [6, 6.07) is 9.46. The van der Waals surface area contributed by atoms with E-state index in [1.54, 1.807) is 19.2 Å². The molecule has 7 heteroatoms. The Balaban J connectivity index is 1.84. The minimum Gasteiger partial charge on any atom is -0.323 e. The molecule has 6 nitrogen and oxygen atoms in total. The summed E-state index contributed by atoms with van der Waals surface area (Å²) in [6.45, 7) is 5.82. The number of benzene rings is 1. The van der Waals surface area contributed by atoms with E-state index < -0.39 is 4.75 Å². The van der Waals surface area contributed by atoms with E-state index in [9.17, 15) is 9.59 Å². The van der Waals surface area contributed by atoms with Crippen molar-refractivity contribution in [1.29, 1.82) is 0 Å². The maximum atomic E-state index is 12.9. The Labute approximate surface area is 151 Å². The molecule has 25 heavy (non-hydrogen) atoms. The number of aromatic nitrogens is 2. The normalized spacial score (nSPS) is 19.4. The zero-order valence-corrected chi connectivity index (χ0v) is 15.4. The number of carbonyl (C=O) groups is 2. The minimum absolute atomic E-state index is 0.215. The van der Waals surface area contributed by atoms with Crippen LogP contribution in [0.15, 0.2) is 41.4 Å². The Bertz CT molecular complexity index is 800. The van der Waals surface area contributed by atoms with Crippen LogP contribution in [0.5, 0.6) is 0 Å². The molecule has 1 unspecified atom stereocenters. The molecule has 1 aromatic heterocycles. The van der Waals surface area contributed by atoms with Gasteiger partial charge >= 0.3 is 0 Å². The first-order valence-corrected chi connectivity index (χ1v) is 9.25. The van der Waals surface area contributed by atoms with E-state index in [4.69, 9.17) is 0 Å². The number of hydrogen-bond donors (Lipinski definition) is 2. The molecule has 2 N–H and O–H groups in total. The van der Waals surface area contributed by atoms with E-state index in [2.05, 4.69) is 29.6 Å². The molecular formula is C18H22N4O2S. The molecule has 2 amide bonds. The molecule has 1 atom stereocenters. The van der Waals surface area contributed by atoms with Crippen LogP contribution in [0.2, 0.25) is 0 Å². The van der Waals surface area contributed by atoms with Gasteiger partial charge in [0.1, 0.15) is 5.82 Å². The fourth-order valence-electron chi connectivity index (χ4n) is 2.89. The van der Waals surface area contributed by atoms with Gasteiger partial charge in [-0.05, 0) is 31.9 Å². The number of thioether (sulfide) groups is 1. The van der Waals surface area contributed by atoms with E-state index in [1.807, 2.05) is 28.9 Å². The van der Waals surface area contributed by atoms with Crippen molar-refractivity contribution in [1.82, 2.24) is 9.78 Å². The average Bonchev–Trinajstić information content (AvgIpc) is 3.05. The average molecular weight is 358 g/mol. The standard InChI is InChI=1S/C18H22N4O2S/c1-4-12(5-2)22-15(10-11-19-22)21-17(24)18(3)16(23)20-13-8-6-7-9-14(13)25-18/h6-12H,4-5H2,1-3H3,(H,20,23)(H,21,24). The van der Waals surface area contributed by atoms with Gasteiger partial charge in [0, 0.05) is 11.0 Å². The second-order valence-corrected chi connectivity index (χ2v) is 7.63. The highest BCUT2D eigenvalue weighted by Gasteiger charge is 2.46. The molecule has 3 rings (SSSR count). The highest BCUT2D eigenvalue weighted by atomic mass is 32.2. The number of carbonyl (C=O) groups excluding carboxylic acids is 2. The lowest BCUT2D eigenvalue weighted by atomic mass is 10.1. The van der Waals surface area contributed by atoms with Crippen LogP contribution in [0.3, 0.4) is 0 Å². The summed E-state index contributed by atoms with van der Waals surface area (Å²) >= 11 is 1.27. The lowest BCUT2D eigenvalue weighted by molar-refractivity contribution is -0.126. The minimum atomic E-state index is -1.24. The lowest BCUT2D eigenvalue weighted by Gasteiger charge is -2.32. The van der Waals surface area contributed by atoms with Gasteiger partial charge in [-0.25, -0.2) is 4.68 Å². The van der Waals surface area contributed by atoms with Gasteiger partial charge < -0.3 is 10.6 Å². The molecule has 1 aliphatic rings. The van der Waals surface area contributed by atoms with Crippen molar-refractivity contribution in [2.24, 2.45) is 0 Å². The van der Waals surface area contributed by atoms with Crippen molar-refractivity contribution >= 4 is 35.1 Å². The Morgan fingerprint density at radius 2 is 2.04 bits per heavy atom. The topological polar surface area (TPSA) is 76.0 Å². The van der Waals surface area contributed by atoms with Crippen LogP contribution in [0.25, 0.3) is 0 Å². The van der Waals surface area contributed by atoms with Crippen molar-refractivity contribution in [2.45, 2.75) is 49.3 Å². The zero-order chi connectivity index (χ0) is 18.0. The first-order chi connectivity index (χ1) is 12.0. The molecule has 132 valence electrons. The van der Waals surface area contributed by atoms with Crippen LogP contribution in [0, 0.1) is 0 Å². The molecule has 0 radical (unpaired) electrons. The molecular weight excluding hydrogens is 336 g/mol. The Hall–Kier alpha value is -2.28. The Morgan fingerprint density at radius 1 is 1.32 bits per heavy atom. The summed E-state index contributed by atoms with van der Waals surface area (Å²) in [5.41, 5.74) is 0.741. The molecule has 0 spiro atoms. The molecule has 0 bridgehead atoms. The van der Waals surface area contributed by atoms with Gasteiger partial charge in [0.2, 0.25) is 5.91 Å². The van der Waals surface area contributed by atoms with E-state index in [1.165, 1.54) is 11.8 Å². The fraction of sp³-hybridized carbons (Fsp3) is 0.389. The number of nitrogens with zero attached hydrogens (tertiary/aromatic N) is 2. The van der Waals surface area contributed by atoms with Gasteiger partial charge in [-0.1, -0.05) is 37.7 Å². The number of rotatable bonds is 5. The fourth-order valence-corrected chi connectivity index (χ4v) is 3.99. The molecule has 2 aromatic rings. The maximum absolute atomic E-state index is 12.9. The number of anilines is 2. The second kappa shape index (κ2) is 6.92. The van der Waals surface area contributed by atoms with Gasteiger partial charge in [-0.15, -0.1) is 0 Å². The van der Waals surface area contributed by atoms with Crippen LogP contribution in [-0.4, -0.2) is 26.3 Å². The predicted octanol–water partition coefficient (Wildman–Crippen LogP) is 3.69. The SMILES string of the molecule is CCC(CC)n1nccc1NC(=O)C1(C)Sc2ccccc2NC1=O. The molecule has 0 saturated carbocycles. The highest BCUT2D eigenvalue weighted by Crippen LogP contribution is 2.42. The van der Waals surface area contributed by atoms with Gasteiger partial charge in [-0.3, -0.25) is 9.59 Å². The first kappa shape index (κ1) is 17.5. The number of hydrogen-bond acceptors (Lipinski definition) is 4. The lowest BCUT2D eigenvalue weighted by Crippen LogP contribution is -2.49. The Kier molecular flexibility index (Phi) is 4.85. The summed E-state index contributed by atoms with van der Waals surface area (Å²) in [4.78, 5) is 26.4. The van der Waals surface area contributed by atoms with Crippen molar-refractivity contribution < 1.29 is 9.59 Å². The zero-order valence-electron chi connectivity index (χ0n) is 14.6. The number of nitrogens with one attached hydrogen (secondary N) is 2. The molecule has 0 aliphatic carbocycles. The summed E-state index contributed by atoms with van der Waals surface area (Å²) in [5, 5.41) is 10.0. The maximum Gasteiger partial charge on any atom is 0.251 e. The smallest absolute Gasteiger partial charge is 0.251 e. The predicted molar refractivity (Wildman–Crippen MR) is 99.8 cm³/mol. The van der Waals surface area contributed by atoms with E-state index in [0.717, 1.165) is 23.4 Å². The Morgan fingerprint density at radius 3 is 2.76 bits per heavy atom. The van der Waals surface area contributed by atoms with E-state index >= 15 is 0 Å². The van der Waals surface area contributed by atoms with Crippen molar-refractivity contribution in [3.05, 3.63) is 36.5 Å². The van der Waals surface area contributed by atoms with Gasteiger partial charge in [0.25, 0.3) is 5.91 Å². The van der Waals surface area contributed by atoms with E-state index in [-0.39, 0.29) is 17.9 Å². The molecule has 1 aromatic carbocycles. The number of fused-ring (bicyclic) bond motifs is 1. The van der Waals surface area contributed by atoms with Crippen molar-refractivity contribution in [3.8, 4) is 0 Å². The first-order valence-electron chi connectivity index (χ1n) is 8.44. The number of amides is 2. The van der Waals surface area contributed by atoms with Crippen LogP contribution in [0.4, 0.5) is 11.5 Å². The molecule has 2 heterocycles. The monoisotopic (exact) mass is 358 g/mol. The summed E-state index contributed by atoms with van der Waals surface area (Å²) in [7, 11) is 0. The third-order valence-electron chi connectivity index (χ3n) is 4.52. The second-order valence-electron chi connectivity index (χ2n) is 6.17. The van der Waals surface area contributed by atoms with E-state index in [0.29, 0.717) is 5.82 Å². The third kappa shape index (κ3) is 3.16. The van der Waals surface area contributed by atoms with Crippen LogP contribution < -0.4 is 10.6 Å². The molecule has 1 aliphatic heterocycles. The summed E-state index contributed by atoms with van der Waals surface area (Å²) < 4.78 is 0.581. The van der Waals surface area contributed by atoms with Crippen molar-refractivity contribution in [3.63, 3.8) is 0 Å². The van der Waals surface area contributed by atoms with Crippen LogP contribution >= 0.6 is 11.8 Å². The summed E-state index contributed by atoms with van der Waals surface area (Å²) in [6.07, 6.45) is 3.50. The van der Waals surface area contributed by atoms with Gasteiger partial charge in [0.05, 0.1) is 17.9 Å². The van der Waals surface area contributed by atoms with Crippen molar-refractivity contribution in [2.75, 3.05) is 10.6 Å². The quantitative estimate of drug-likeness (QED) is 0.799. The summed E-state index contributed by atoms with van der Waals surface area (Å²) in [5.74, 6) is -0.0494. The highest BCUT2D eigenvalue weighted by molar-refractivity contribution is 8.02. The van der Waals surface area contributed by atoms with Gasteiger partial charge in [0.15, 0.2) is 4.75 Å². The molecule has 0 fully saturated rings. The number of para-hydroxylation sites is 1. The van der Waals surface area contributed by atoms with Crippen LogP contribution in [-0.2, 0) is 9.59 Å². The van der Waals surface area contributed by atoms with Gasteiger partial charge in [-0.2, -0.15) is 5.10 Å². The van der Waals surface area contributed by atoms with Crippen LogP contribution in [0.1, 0.15) is 39.7 Å². The molecule has 0 saturated heterocycles. The largest absolute Gasteiger partial charge is 0.323 e. The third-order valence-corrected chi connectivity index (χ3v) is 5.87.